The van der Waals surface area contributed by atoms with E-state index >= 15 is 0 Å². The van der Waals surface area contributed by atoms with Gasteiger partial charge in [-0.25, -0.2) is 0 Å². The summed E-state index contributed by atoms with van der Waals surface area (Å²) in [5.74, 6) is 0.536. The van der Waals surface area contributed by atoms with E-state index in [4.69, 9.17) is 0 Å². The van der Waals surface area contributed by atoms with Gasteiger partial charge in [0.15, 0.2) is 0 Å². The van der Waals surface area contributed by atoms with Crippen molar-refractivity contribution in [2.24, 2.45) is 0 Å². The van der Waals surface area contributed by atoms with Crippen LogP contribution in [0.15, 0.2) is 12.1 Å². The molecule has 1 rings (SSSR count). The molecule has 66 valence electrons. The second kappa shape index (κ2) is 4.52. The Morgan fingerprint density at radius 3 is 2.75 bits per heavy atom. The summed E-state index contributed by atoms with van der Waals surface area (Å²) >= 11 is 5.73. The standard InChI is InChI=1S/C8H10O2S2/c1-10-8(9)4-6-2-3-7(5-11)12-6/h2-3,11H,4-5H2,1H3. The second-order valence-electron chi connectivity index (χ2n) is 2.28. The number of methoxy groups -OCH3 is 1. The Bertz CT molecular complexity index is 268. The quantitative estimate of drug-likeness (QED) is 0.598. The van der Waals surface area contributed by atoms with Gasteiger partial charge in [-0.05, 0) is 12.1 Å². The third-order valence-electron chi connectivity index (χ3n) is 1.42. The van der Waals surface area contributed by atoms with Gasteiger partial charge in [-0.1, -0.05) is 0 Å². The predicted octanol–water partition coefficient (Wildman–Crippen LogP) is 1.89. The molecular formula is C8H10O2S2. The third-order valence-corrected chi connectivity index (χ3v) is 3.06. The molecule has 0 spiro atoms. The van der Waals surface area contributed by atoms with Crippen LogP contribution in [0.1, 0.15) is 9.75 Å². The molecule has 0 atom stereocenters. The van der Waals surface area contributed by atoms with Gasteiger partial charge in [0.25, 0.3) is 0 Å². The summed E-state index contributed by atoms with van der Waals surface area (Å²) in [5, 5.41) is 0. The molecule has 0 saturated carbocycles. The highest BCUT2D eigenvalue weighted by atomic mass is 32.1. The molecule has 0 aliphatic rings. The van der Waals surface area contributed by atoms with Crippen molar-refractivity contribution in [1.29, 1.82) is 0 Å². The Kier molecular flexibility index (Phi) is 3.62. The largest absolute Gasteiger partial charge is 0.469 e. The summed E-state index contributed by atoms with van der Waals surface area (Å²) in [6.45, 7) is 0. The van der Waals surface area contributed by atoms with E-state index in [9.17, 15) is 4.79 Å². The molecule has 4 heteroatoms. The molecule has 0 fully saturated rings. The molecule has 12 heavy (non-hydrogen) atoms. The molecule has 0 radical (unpaired) electrons. The first-order chi connectivity index (χ1) is 5.76. The van der Waals surface area contributed by atoms with Gasteiger partial charge in [0.2, 0.25) is 0 Å². The average molecular weight is 202 g/mol. The van der Waals surface area contributed by atoms with E-state index in [1.165, 1.54) is 12.0 Å². The van der Waals surface area contributed by atoms with Crippen LogP contribution in [0.5, 0.6) is 0 Å². The van der Waals surface area contributed by atoms with Gasteiger partial charge in [-0.3, -0.25) is 4.79 Å². The normalized spacial score (nSPS) is 9.83. The SMILES string of the molecule is COC(=O)Cc1ccc(CS)s1. The molecule has 0 saturated heterocycles. The lowest BCUT2D eigenvalue weighted by Crippen LogP contribution is -2.02. The van der Waals surface area contributed by atoms with Gasteiger partial charge in [0.05, 0.1) is 13.5 Å². The number of rotatable bonds is 3. The average Bonchev–Trinajstić information content (AvgIpc) is 2.52. The van der Waals surface area contributed by atoms with Crippen LogP contribution in [0, 0.1) is 0 Å². The molecule has 0 aromatic carbocycles. The van der Waals surface area contributed by atoms with Crippen LogP contribution < -0.4 is 0 Å². The maximum atomic E-state index is 10.8. The summed E-state index contributed by atoms with van der Waals surface area (Å²) in [6.07, 6.45) is 0.370. The number of hydrogen-bond acceptors (Lipinski definition) is 4. The fourth-order valence-corrected chi connectivity index (χ4v) is 1.98. The Hall–Kier alpha value is -0.480. The third kappa shape index (κ3) is 2.53. The zero-order chi connectivity index (χ0) is 8.97. The highest BCUT2D eigenvalue weighted by Gasteiger charge is 2.04. The first-order valence-corrected chi connectivity index (χ1v) is 4.96. The van der Waals surface area contributed by atoms with Gasteiger partial charge >= 0.3 is 5.97 Å². The fraction of sp³-hybridized carbons (Fsp3) is 0.375. The summed E-state index contributed by atoms with van der Waals surface area (Å²) in [6, 6.07) is 3.92. The zero-order valence-corrected chi connectivity index (χ0v) is 8.45. The lowest BCUT2D eigenvalue weighted by molar-refractivity contribution is -0.139. The Balaban J connectivity index is 2.58. The Morgan fingerprint density at radius 1 is 1.58 bits per heavy atom. The molecule has 0 N–H and O–H groups in total. The van der Waals surface area contributed by atoms with Gasteiger partial charge < -0.3 is 4.74 Å². The number of esters is 1. The van der Waals surface area contributed by atoms with Crippen LogP contribution in [-0.4, -0.2) is 13.1 Å². The van der Waals surface area contributed by atoms with Crippen molar-refractivity contribution in [2.45, 2.75) is 12.2 Å². The van der Waals surface area contributed by atoms with E-state index in [0.717, 1.165) is 10.6 Å². The lowest BCUT2D eigenvalue weighted by Gasteiger charge is -1.94. The highest BCUT2D eigenvalue weighted by Crippen LogP contribution is 2.18. The second-order valence-corrected chi connectivity index (χ2v) is 3.85. The number of ether oxygens (including phenoxy) is 1. The van der Waals surface area contributed by atoms with Crippen molar-refractivity contribution in [3.63, 3.8) is 0 Å². The van der Waals surface area contributed by atoms with E-state index in [1.807, 2.05) is 12.1 Å². The smallest absolute Gasteiger partial charge is 0.310 e. The first kappa shape index (κ1) is 9.61. The predicted molar refractivity (Wildman–Crippen MR) is 52.7 cm³/mol. The molecule has 2 nitrogen and oxygen atoms in total. The number of carbonyl (C=O) groups excluding carboxylic acids is 1. The van der Waals surface area contributed by atoms with Crippen molar-refractivity contribution in [2.75, 3.05) is 7.11 Å². The molecule has 0 amide bonds. The summed E-state index contributed by atoms with van der Waals surface area (Å²) in [4.78, 5) is 13.1. The van der Waals surface area contributed by atoms with E-state index in [1.54, 1.807) is 11.3 Å². The summed E-state index contributed by atoms with van der Waals surface area (Å²) in [7, 11) is 1.40. The van der Waals surface area contributed by atoms with E-state index in [-0.39, 0.29) is 5.97 Å². The first-order valence-electron chi connectivity index (χ1n) is 3.51. The minimum absolute atomic E-state index is 0.192. The van der Waals surface area contributed by atoms with Crippen molar-refractivity contribution in [1.82, 2.24) is 0 Å². The van der Waals surface area contributed by atoms with Crippen molar-refractivity contribution in [3.8, 4) is 0 Å². The van der Waals surface area contributed by atoms with E-state index < -0.39 is 0 Å². The molecule has 0 aliphatic carbocycles. The Labute approximate surface area is 81.0 Å². The van der Waals surface area contributed by atoms with Crippen LogP contribution in [0.2, 0.25) is 0 Å². The molecule has 0 unspecified atom stereocenters. The maximum Gasteiger partial charge on any atom is 0.310 e. The fourth-order valence-electron chi connectivity index (χ4n) is 0.817. The van der Waals surface area contributed by atoms with Crippen LogP contribution in [0.4, 0.5) is 0 Å². The van der Waals surface area contributed by atoms with Crippen LogP contribution in [0.3, 0.4) is 0 Å². The van der Waals surface area contributed by atoms with E-state index in [0.29, 0.717) is 6.42 Å². The monoisotopic (exact) mass is 202 g/mol. The minimum Gasteiger partial charge on any atom is -0.469 e. The van der Waals surface area contributed by atoms with E-state index in [2.05, 4.69) is 17.4 Å². The van der Waals surface area contributed by atoms with Crippen LogP contribution in [0.25, 0.3) is 0 Å². The lowest BCUT2D eigenvalue weighted by atomic mass is 10.3. The molecule has 0 bridgehead atoms. The molecular weight excluding hydrogens is 192 g/mol. The summed E-state index contributed by atoms with van der Waals surface area (Å²) in [5.41, 5.74) is 0. The summed E-state index contributed by atoms with van der Waals surface area (Å²) < 4.78 is 4.55. The maximum absolute atomic E-state index is 10.8. The topological polar surface area (TPSA) is 26.3 Å². The molecule has 1 aromatic rings. The van der Waals surface area contributed by atoms with Gasteiger partial charge in [-0.2, -0.15) is 12.6 Å². The molecule has 0 aliphatic heterocycles. The number of thiol groups is 1. The number of carbonyl (C=O) groups is 1. The van der Waals surface area contributed by atoms with Crippen LogP contribution in [-0.2, 0) is 21.7 Å². The zero-order valence-electron chi connectivity index (χ0n) is 6.74. The van der Waals surface area contributed by atoms with Crippen molar-refractivity contribution in [3.05, 3.63) is 21.9 Å². The van der Waals surface area contributed by atoms with Gasteiger partial charge in [0, 0.05) is 15.5 Å². The molecule has 1 aromatic heterocycles. The van der Waals surface area contributed by atoms with Crippen molar-refractivity contribution >= 4 is 29.9 Å². The number of thiophene rings is 1. The number of hydrogen-bond donors (Lipinski definition) is 1. The van der Waals surface area contributed by atoms with Gasteiger partial charge in [0.1, 0.15) is 0 Å². The minimum atomic E-state index is -0.192. The highest BCUT2D eigenvalue weighted by molar-refractivity contribution is 7.79. The van der Waals surface area contributed by atoms with Crippen molar-refractivity contribution < 1.29 is 9.53 Å². The molecule has 1 heterocycles. The van der Waals surface area contributed by atoms with Gasteiger partial charge in [-0.15, -0.1) is 11.3 Å². The Morgan fingerprint density at radius 2 is 2.25 bits per heavy atom. The van der Waals surface area contributed by atoms with Crippen LogP contribution >= 0.6 is 24.0 Å².